The molecule has 45 valence electrons. The molecular formula is CH3O5SZn. The van der Waals surface area contributed by atoms with Gasteiger partial charge in [-0.25, -0.2) is 0 Å². The Labute approximate surface area is 56.3 Å². The van der Waals surface area contributed by atoms with Crippen LogP contribution in [-0.4, -0.2) is 22.4 Å². The Hall–Kier alpha value is 0.163. The van der Waals surface area contributed by atoms with Crippen molar-refractivity contribution in [2.45, 2.75) is 0 Å². The van der Waals surface area contributed by atoms with Crippen molar-refractivity contribution in [2.75, 3.05) is 0 Å². The van der Waals surface area contributed by atoms with Gasteiger partial charge in [0.15, 0.2) is 0 Å². The predicted molar refractivity (Wildman–Crippen MR) is 20.9 cm³/mol. The van der Waals surface area contributed by atoms with Crippen LogP contribution in [0, 0.1) is 0 Å². The van der Waals surface area contributed by atoms with Crippen LogP contribution in [0.2, 0.25) is 0 Å². The van der Waals surface area contributed by atoms with E-state index in [-0.39, 0.29) is 0 Å². The van der Waals surface area contributed by atoms with Crippen LogP contribution >= 0.6 is 0 Å². The molecule has 0 rings (SSSR count). The second kappa shape index (κ2) is 5.30. The summed E-state index contributed by atoms with van der Waals surface area (Å²) in [6, 6.07) is 0. The third-order valence-corrected chi connectivity index (χ3v) is 0. The van der Waals surface area contributed by atoms with Gasteiger partial charge in [-0.3, -0.25) is 9.11 Å². The van der Waals surface area contributed by atoms with Gasteiger partial charge in [-0.1, -0.05) is 0 Å². The molecule has 0 aromatic carbocycles. The molecule has 0 aliphatic heterocycles. The molecule has 0 aliphatic rings. The minimum absolute atomic E-state index is 0.764. The molecule has 0 saturated heterocycles. The Kier molecular flexibility index (Phi) is 7.31. The van der Waals surface area contributed by atoms with E-state index in [1.165, 1.54) is 0 Å². The maximum atomic E-state index is 8.86. The van der Waals surface area contributed by atoms with Gasteiger partial charge in [-0.05, 0) is 0 Å². The average molecular weight is 192 g/mol. The molecule has 0 aromatic heterocycles. The van der Waals surface area contributed by atoms with Crippen molar-refractivity contribution < 1.29 is 40.6 Å². The minimum atomic E-state index is -4.67. The predicted octanol–water partition coefficient (Wildman–Crippen LogP) is -0.929. The second-order valence-electron chi connectivity index (χ2n) is 0.615. The summed E-state index contributed by atoms with van der Waals surface area (Å²) in [5.74, 6) is 0. The summed E-state index contributed by atoms with van der Waals surface area (Å²) in [5.41, 5.74) is 0. The first-order valence-electron chi connectivity index (χ1n) is 1.34. The van der Waals surface area contributed by atoms with Gasteiger partial charge in [0.25, 0.3) is 0 Å². The van der Waals surface area contributed by atoms with E-state index in [9.17, 15) is 0 Å². The van der Waals surface area contributed by atoms with Crippen molar-refractivity contribution in [2.24, 2.45) is 0 Å². The molecule has 0 heterocycles. The van der Waals surface area contributed by atoms with Gasteiger partial charge >= 0.3 is 38.4 Å². The zero-order valence-corrected chi connectivity index (χ0v) is 7.60. The van der Waals surface area contributed by atoms with Crippen molar-refractivity contribution in [1.82, 2.24) is 0 Å². The quantitative estimate of drug-likeness (QED) is 0.294. The van der Waals surface area contributed by atoms with Gasteiger partial charge in [0.05, 0.1) is 0 Å². The summed E-state index contributed by atoms with van der Waals surface area (Å²) >= 11 is 0.764. The summed E-state index contributed by atoms with van der Waals surface area (Å²) in [6.07, 6.45) is 0. The molecule has 2 N–H and O–H groups in total. The first-order chi connectivity index (χ1) is 3.41. The molecule has 0 fully saturated rings. The van der Waals surface area contributed by atoms with E-state index in [0.29, 0.717) is 0 Å². The number of hydrogen-bond donors (Lipinski definition) is 2. The Balaban J connectivity index is 0. The van der Waals surface area contributed by atoms with E-state index in [2.05, 4.69) is 0 Å². The molecule has 0 aliphatic carbocycles. The summed E-state index contributed by atoms with van der Waals surface area (Å²) in [5, 5.41) is 0. The third kappa shape index (κ3) is 6160. The van der Waals surface area contributed by atoms with Crippen LogP contribution in [0.1, 0.15) is 0 Å². The molecule has 7 heteroatoms. The molecule has 0 bridgehead atoms. The van der Waals surface area contributed by atoms with E-state index in [4.69, 9.17) is 22.3 Å². The van der Waals surface area contributed by atoms with Crippen molar-refractivity contribution in [3.63, 3.8) is 0 Å². The zero-order valence-electron chi connectivity index (χ0n) is 3.81. The summed E-state index contributed by atoms with van der Waals surface area (Å²) < 4.78 is 31.6. The first kappa shape index (κ1) is 11.0. The van der Waals surface area contributed by atoms with Crippen molar-refractivity contribution in [3.05, 3.63) is 0 Å². The van der Waals surface area contributed by atoms with E-state index < -0.39 is 10.4 Å². The fourth-order valence-corrected chi connectivity index (χ4v) is 0. The Morgan fingerprint density at radius 2 is 1.38 bits per heavy atom. The van der Waals surface area contributed by atoms with Gasteiger partial charge in [0.1, 0.15) is 0 Å². The summed E-state index contributed by atoms with van der Waals surface area (Å²) in [4.78, 5) is 9.74. The number of rotatable bonds is 0. The molecule has 0 radical (unpaired) electrons. The molecule has 0 spiro atoms. The second-order valence-corrected chi connectivity index (χ2v) is 2.21. The SMILES string of the molecule is O=S(=O)(O)O.O=[CH][Zn]. The van der Waals surface area contributed by atoms with Crippen molar-refractivity contribution in [1.29, 1.82) is 0 Å². The Morgan fingerprint density at radius 1 is 1.38 bits per heavy atom. The molecule has 0 atom stereocenters. The van der Waals surface area contributed by atoms with Crippen LogP contribution in [0.4, 0.5) is 0 Å². The fraction of sp³-hybridized carbons (Fsp3) is 0. The first-order valence-corrected chi connectivity index (χ1v) is 4.45. The van der Waals surface area contributed by atoms with Gasteiger partial charge in [0, 0.05) is 0 Å². The van der Waals surface area contributed by atoms with Crippen LogP contribution in [0.15, 0.2) is 0 Å². The van der Waals surface area contributed by atoms with E-state index in [0.717, 1.165) is 23.2 Å². The Morgan fingerprint density at radius 3 is 1.38 bits per heavy atom. The van der Waals surface area contributed by atoms with Crippen LogP contribution in [0.3, 0.4) is 0 Å². The molecule has 0 aromatic rings. The average Bonchev–Trinajstić information content (AvgIpc) is 1.27. The molecule has 0 unspecified atom stereocenters. The van der Waals surface area contributed by atoms with Crippen molar-refractivity contribution in [3.8, 4) is 0 Å². The molecule has 0 saturated carbocycles. The van der Waals surface area contributed by atoms with Crippen LogP contribution < -0.4 is 0 Å². The van der Waals surface area contributed by atoms with Crippen LogP contribution in [-0.2, 0) is 33.5 Å². The monoisotopic (exact) mass is 191 g/mol. The number of carbonyl (C=O) groups excluding carboxylic acids is 1. The maximum absolute atomic E-state index is 8.86. The van der Waals surface area contributed by atoms with Crippen LogP contribution in [0.5, 0.6) is 0 Å². The van der Waals surface area contributed by atoms with Gasteiger partial charge in [-0.2, -0.15) is 8.42 Å². The Bertz CT molecular complexity index is 127. The van der Waals surface area contributed by atoms with Crippen molar-refractivity contribution >= 4 is 15.3 Å². The molecule has 0 amide bonds. The number of hydrogen-bond acceptors (Lipinski definition) is 3. The number of carbonyl (C=O) groups is 1. The van der Waals surface area contributed by atoms with E-state index in [1.807, 2.05) is 0 Å². The zero-order chi connectivity index (χ0) is 7.21. The van der Waals surface area contributed by atoms with Crippen LogP contribution in [0.25, 0.3) is 0 Å². The third-order valence-electron chi connectivity index (χ3n) is 0. The molecule has 5 nitrogen and oxygen atoms in total. The van der Waals surface area contributed by atoms with E-state index >= 15 is 0 Å². The fourth-order valence-electron chi connectivity index (χ4n) is 0. The van der Waals surface area contributed by atoms with Gasteiger partial charge in [-0.15, -0.1) is 0 Å². The standard InChI is InChI=1S/CHO.H2O4S.Zn/c1-2;1-5(2,3)4;/h1H;(H2,1,2,3,4);. The normalized spacial score (nSPS) is 9.00. The topological polar surface area (TPSA) is 91.7 Å². The van der Waals surface area contributed by atoms with E-state index in [1.54, 1.807) is 0 Å². The summed E-state index contributed by atoms with van der Waals surface area (Å²) in [6.45, 7) is 0. The molecule has 8 heavy (non-hydrogen) atoms. The van der Waals surface area contributed by atoms with Gasteiger partial charge in [0.2, 0.25) is 0 Å². The van der Waals surface area contributed by atoms with Gasteiger partial charge < -0.3 is 0 Å². The molecular weight excluding hydrogens is 189 g/mol. The summed E-state index contributed by atoms with van der Waals surface area (Å²) in [7, 11) is -4.67.